The summed E-state index contributed by atoms with van der Waals surface area (Å²) in [4.78, 5) is 18.1. The number of piperidine rings is 1. The van der Waals surface area contributed by atoms with Crippen molar-refractivity contribution in [2.75, 3.05) is 20.2 Å². The highest BCUT2D eigenvalue weighted by Crippen LogP contribution is 2.39. The molecule has 1 aromatic carbocycles. The summed E-state index contributed by atoms with van der Waals surface area (Å²) in [7, 11) is 1.66. The van der Waals surface area contributed by atoms with Crippen molar-refractivity contribution in [1.82, 2.24) is 5.06 Å². The fraction of sp³-hybridized carbons (Fsp3) is 0.471. The lowest BCUT2D eigenvalue weighted by molar-refractivity contribution is -0.175. The van der Waals surface area contributed by atoms with Crippen molar-refractivity contribution in [3.63, 3.8) is 0 Å². The summed E-state index contributed by atoms with van der Waals surface area (Å²) in [5, 5.41) is 1.87. The molecule has 0 radical (unpaired) electrons. The molecule has 0 aromatic heterocycles. The SMILES string of the molecule is CON1CCC2(CC1)OC=C(c1cc(C)ccc1C)C2=O. The lowest BCUT2D eigenvalue weighted by atomic mass is 9.83. The second-order valence-corrected chi connectivity index (χ2v) is 5.90. The number of hydroxylamine groups is 2. The van der Waals surface area contributed by atoms with Crippen molar-refractivity contribution < 1.29 is 14.4 Å². The second-order valence-electron chi connectivity index (χ2n) is 5.90. The van der Waals surface area contributed by atoms with Crippen molar-refractivity contribution >= 4 is 11.4 Å². The minimum absolute atomic E-state index is 0.118. The van der Waals surface area contributed by atoms with Gasteiger partial charge in [0.1, 0.15) is 0 Å². The molecule has 1 spiro atoms. The molecular formula is C17H21NO3. The van der Waals surface area contributed by atoms with Crippen LogP contribution >= 0.6 is 0 Å². The standard InChI is InChI=1S/C17H21NO3/c1-12-4-5-13(2)14(10-12)15-11-21-17(16(15)19)6-8-18(20-3)9-7-17/h4-5,10-11H,6-9H2,1-3H3. The minimum Gasteiger partial charge on any atom is -0.486 e. The molecule has 0 aliphatic carbocycles. The van der Waals surface area contributed by atoms with Gasteiger partial charge in [-0.05, 0) is 25.0 Å². The van der Waals surface area contributed by atoms with Crippen LogP contribution in [-0.2, 0) is 14.4 Å². The van der Waals surface area contributed by atoms with Crippen LogP contribution in [0.25, 0.3) is 5.57 Å². The van der Waals surface area contributed by atoms with E-state index in [2.05, 4.69) is 18.2 Å². The van der Waals surface area contributed by atoms with Crippen LogP contribution in [0.2, 0.25) is 0 Å². The number of carbonyl (C=O) groups excluding carboxylic acids is 1. The number of hydrogen-bond acceptors (Lipinski definition) is 4. The Bertz CT molecular complexity index is 598. The fourth-order valence-corrected chi connectivity index (χ4v) is 3.11. The zero-order valence-corrected chi connectivity index (χ0v) is 12.8. The highest BCUT2D eigenvalue weighted by molar-refractivity contribution is 6.26. The Kier molecular flexibility index (Phi) is 3.59. The van der Waals surface area contributed by atoms with E-state index in [1.807, 2.05) is 18.9 Å². The highest BCUT2D eigenvalue weighted by atomic mass is 16.7. The van der Waals surface area contributed by atoms with Gasteiger partial charge in [-0.1, -0.05) is 23.8 Å². The molecule has 0 bridgehead atoms. The van der Waals surface area contributed by atoms with Crippen LogP contribution in [0.4, 0.5) is 0 Å². The number of ether oxygens (including phenoxy) is 1. The van der Waals surface area contributed by atoms with Gasteiger partial charge in [0.15, 0.2) is 5.60 Å². The molecule has 2 heterocycles. The van der Waals surface area contributed by atoms with Gasteiger partial charge in [0.2, 0.25) is 5.78 Å². The number of carbonyl (C=O) groups is 1. The van der Waals surface area contributed by atoms with Gasteiger partial charge >= 0.3 is 0 Å². The van der Waals surface area contributed by atoms with Gasteiger partial charge in [0, 0.05) is 25.9 Å². The predicted molar refractivity (Wildman–Crippen MR) is 80.5 cm³/mol. The fourth-order valence-electron chi connectivity index (χ4n) is 3.11. The largest absolute Gasteiger partial charge is 0.486 e. The first-order valence-corrected chi connectivity index (χ1v) is 7.35. The van der Waals surface area contributed by atoms with Crippen LogP contribution in [-0.4, -0.2) is 36.6 Å². The number of aryl methyl sites for hydroxylation is 2. The summed E-state index contributed by atoms with van der Waals surface area (Å²) < 4.78 is 5.85. The van der Waals surface area contributed by atoms with E-state index in [-0.39, 0.29) is 5.78 Å². The van der Waals surface area contributed by atoms with Crippen LogP contribution in [0.3, 0.4) is 0 Å². The second kappa shape index (κ2) is 5.28. The normalized spacial score (nSPS) is 21.5. The van der Waals surface area contributed by atoms with Gasteiger partial charge in [-0.25, -0.2) is 0 Å². The summed E-state index contributed by atoms with van der Waals surface area (Å²) in [6, 6.07) is 6.18. The van der Waals surface area contributed by atoms with E-state index in [0.717, 1.165) is 29.8 Å². The Morgan fingerprint density at radius 3 is 2.62 bits per heavy atom. The number of rotatable bonds is 2. The Hall–Kier alpha value is -1.65. The molecule has 112 valence electrons. The first-order chi connectivity index (χ1) is 10.1. The number of hydrogen-bond donors (Lipinski definition) is 0. The van der Waals surface area contributed by atoms with E-state index in [0.29, 0.717) is 18.4 Å². The van der Waals surface area contributed by atoms with E-state index in [9.17, 15) is 4.79 Å². The molecule has 1 saturated heterocycles. The number of ketones is 1. The van der Waals surface area contributed by atoms with Crippen LogP contribution in [0.15, 0.2) is 24.5 Å². The van der Waals surface area contributed by atoms with Gasteiger partial charge in [-0.15, -0.1) is 0 Å². The lowest BCUT2D eigenvalue weighted by Gasteiger charge is -2.36. The number of benzene rings is 1. The van der Waals surface area contributed by atoms with E-state index in [4.69, 9.17) is 9.57 Å². The van der Waals surface area contributed by atoms with Crippen LogP contribution < -0.4 is 0 Å². The van der Waals surface area contributed by atoms with Gasteiger partial charge < -0.3 is 9.57 Å². The molecule has 2 aliphatic rings. The first-order valence-electron chi connectivity index (χ1n) is 7.35. The monoisotopic (exact) mass is 287 g/mol. The Morgan fingerprint density at radius 1 is 1.24 bits per heavy atom. The van der Waals surface area contributed by atoms with E-state index < -0.39 is 5.60 Å². The van der Waals surface area contributed by atoms with Crippen molar-refractivity contribution in [1.29, 1.82) is 0 Å². The van der Waals surface area contributed by atoms with Crippen molar-refractivity contribution in [3.05, 3.63) is 41.2 Å². The van der Waals surface area contributed by atoms with Gasteiger partial charge in [-0.3, -0.25) is 4.79 Å². The maximum Gasteiger partial charge on any atom is 0.210 e. The van der Waals surface area contributed by atoms with E-state index in [1.165, 1.54) is 0 Å². The number of nitrogens with zero attached hydrogens (tertiary/aromatic N) is 1. The van der Waals surface area contributed by atoms with Crippen LogP contribution in [0.1, 0.15) is 29.5 Å². The molecule has 2 aliphatic heterocycles. The summed E-state index contributed by atoms with van der Waals surface area (Å²) in [6.07, 6.45) is 3.00. The first kappa shape index (κ1) is 14.3. The Labute approximate surface area is 125 Å². The third-order valence-electron chi connectivity index (χ3n) is 4.53. The summed E-state index contributed by atoms with van der Waals surface area (Å²) >= 11 is 0. The Morgan fingerprint density at radius 2 is 1.95 bits per heavy atom. The van der Waals surface area contributed by atoms with Crippen LogP contribution in [0, 0.1) is 13.8 Å². The molecule has 1 aromatic rings. The summed E-state index contributed by atoms with van der Waals surface area (Å²) in [5.41, 5.74) is 3.28. The third-order valence-corrected chi connectivity index (χ3v) is 4.53. The molecule has 1 fully saturated rings. The molecule has 0 unspecified atom stereocenters. The maximum absolute atomic E-state index is 12.9. The molecule has 21 heavy (non-hydrogen) atoms. The van der Waals surface area contributed by atoms with Gasteiger partial charge in [0.25, 0.3) is 0 Å². The van der Waals surface area contributed by atoms with Crippen LogP contribution in [0.5, 0.6) is 0 Å². The Balaban J connectivity index is 1.85. The summed E-state index contributed by atoms with van der Waals surface area (Å²) in [6.45, 7) is 5.50. The third kappa shape index (κ3) is 2.39. The molecular weight excluding hydrogens is 266 g/mol. The topological polar surface area (TPSA) is 38.8 Å². The van der Waals surface area contributed by atoms with Gasteiger partial charge in [-0.2, -0.15) is 5.06 Å². The smallest absolute Gasteiger partial charge is 0.210 e. The zero-order valence-electron chi connectivity index (χ0n) is 12.8. The van der Waals surface area contributed by atoms with E-state index >= 15 is 0 Å². The molecule has 4 nitrogen and oxygen atoms in total. The van der Waals surface area contributed by atoms with Crippen molar-refractivity contribution in [3.8, 4) is 0 Å². The molecule has 0 atom stereocenters. The molecule has 0 saturated carbocycles. The van der Waals surface area contributed by atoms with Gasteiger partial charge in [0.05, 0.1) is 18.9 Å². The average Bonchev–Trinajstić information content (AvgIpc) is 2.80. The average molecular weight is 287 g/mol. The maximum atomic E-state index is 12.9. The van der Waals surface area contributed by atoms with Crippen molar-refractivity contribution in [2.45, 2.75) is 32.3 Å². The predicted octanol–water partition coefficient (Wildman–Crippen LogP) is 2.64. The molecule has 0 amide bonds. The molecule has 4 heteroatoms. The zero-order chi connectivity index (χ0) is 15.0. The highest BCUT2D eigenvalue weighted by Gasteiger charge is 2.48. The van der Waals surface area contributed by atoms with E-state index in [1.54, 1.807) is 13.4 Å². The van der Waals surface area contributed by atoms with Crippen molar-refractivity contribution in [2.24, 2.45) is 0 Å². The quantitative estimate of drug-likeness (QED) is 0.838. The number of Topliss-reactive ketones (excluding diaryl/α,β-unsaturated/α-hetero) is 1. The summed E-state index contributed by atoms with van der Waals surface area (Å²) in [5.74, 6) is 0.118. The lowest BCUT2D eigenvalue weighted by Crippen LogP contribution is -2.48. The minimum atomic E-state index is -0.680. The molecule has 3 rings (SSSR count). The molecule has 0 N–H and O–H groups in total.